The molecule has 6 nitrogen and oxygen atoms in total. The van der Waals surface area contributed by atoms with E-state index in [4.69, 9.17) is 4.98 Å². The predicted octanol–water partition coefficient (Wildman–Crippen LogP) is 4.99. The van der Waals surface area contributed by atoms with Crippen LogP contribution < -0.4 is 10.2 Å². The molecule has 4 rings (SSSR count). The number of halogens is 2. The first-order valence-electron chi connectivity index (χ1n) is 11.3. The summed E-state index contributed by atoms with van der Waals surface area (Å²) < 4.78 is 25.5. The van der Waals surface area contributed by atoms with Crippen molar-refractivity contribution in [3.8, 4) is 0 Å². The molecule has 0 unspecified atom stereocenters. The molecule has 1 saturated heterocycles. The number of aromatic nitrogens is 3. The average Bonchev–Trinajstić information content (AvgIpc) is 3.46. The van der Waals surface area contributed by atoms with Crippen LogP contribution in [-0.4, -0.2) is 39.6 Å². The van der Waals surface area contributed by atoms with Gasteiger partial charge in [0, 0.05) is 25.3 Å². The minimum absolute atomic E-state index is 0.0667. The van der Waals surface area contributed by atoms with Crippen LogP contribution in [0.5, 0.6) is 0 Å². The summed E-state index contributed by atoms with van der Waals surface area (Å²) >= 11 is 0. The molecule has 32 heavy (non-hydrogen) atoms. The van der Waals surface area contributed by atoms with Crippen LogP contribution in [0.3, 0.4) is 0 Å². The van der Waals surface area contributed by atoms with Gasteiger partial charge in [-0.25, -0.2) is 18.3 Å². The molecule has 1 aliphatic rings. The van der Waals surface area contributed by atoms with Gasteiger partial charge in [-0.15, -0.1) is 0 Å². The molecule has 3 heterocycles. The summed E-state index contributed by atoms with van der Waals surface area (Å²) in [4.78, 5) is 19.7. The average molecular weight is 444 g/mol. The van der Waals surface area contributed by atoms with E-state index in [2.05, 4.69) is 29.2 Å². The molecule has 1 aliphatic heterocycles. The van der Waals surface area contributed by atoms with E-state index in [1.807, 2.05) is 12.3 Å². The van der Waals surface area contributed by atoms with E-state index in [0.29, 0.717) is 11.2 Å². The van der Waals surface area contributed by atoms with Crippen LogP contribution in [0.15, 0.2) is 42.7 Å². The zero-order valence-corrected chi connectivity index (χ0v) is 18.7. The molecule has 172 valence electrons. The number of rotatable bonds is 7. The van der Waals surface area contributed by atoms with Gasteiger partial charge in [0.15, 0.2) is 5.65 Å². The van der Waals surface area contributed by atoms with Gasteiger partial charge in [0.05, 0.1) is 6.20 Å². The van der Waals surface area contributed by atoms with Crippen LogP contribution in [0, 0.1) is 11.6 Å². The molecular weight excluding hydrogens is 412 g/mol. The van der Waals surface area contributed by atoms with Crippen LogP contribution in [0.25, 0.3) is 5.65 Å². The van der Waals surface area contributed by atoms with E-state index in [1.165, 1.54) is 12.8 Å². The number of carbonyl (C=O) groups excluding carboxylic acids is 1. The molecule has 1 N–H and O–H groups in total. The largest absolute Gasteiger partial charge is 0.357 e. The molecule has 0 bridgehead atoms. The van der Waals surface area contributed by atoms with Crippen LogP contribution in [0.2, 0.25) is 0 Å². The van der Waals surface area contributed by atoms with Crippen LogP contribution in [0.4, 0.5) is 14.6 Å². The highest BCUT2D eigenvalue weighted by Crippen LogP contribution is 2.20. The zero-order valence-electron chi connectivity index (χ0n) is 18.7. The van der Waals surface area contributed by atoms with Crippen LogP contribution >= 0.6 is 0 Å². The minimum atomic E-state index is -0.411. The van der Waals surface area contributed by atoms with E-state index in [-0.39, 0.29) is 11.9 Å². The monoisotopic (exact) mass is 443 g/mol. The van der Waals surface area contributed by atoms with Gasteiger partial charge in [0.25, 0.3) is 5.91 Å². The van der Waals surface area contributed by atoms with Crippen molar-refractivity contribution in [2.75, 3.05) is 18.0 Å². The number of nitrogens with zero attached hydrogens (tertiary/aromatic N) is 4. The standard InChI is InChI=1S/C18H27N5O.C6H4F2/c1-3-7-14(8-4-2)20-18(24)15-13-19-23-12-9-16(21-17(15)23)22-10-5-6-11-22;7-5-1-2-6(8)4-3-5/h9,12-14H,3-8,10-11H2,1-2H3,(H,20,24);1-4H. The van der Waals surface area contributed by atoms with Gasteiger partial charge in [0.2, 0.25) is 0 Å². The van der Waals surface area contributed by atoms with E-state index >= 15 is 0 Å². The summed E-state index contributed by atoms with van der Waals surface area (Å²) in [6.45, 7) is 6.36. The lowest BCUT2D eigenvalue weighted by Gasteiger charge is -2.17. The molecule has 0 spiro atoms. The normalized spacial score (nSPS) is 13.3. The smallest absolute Gasteiger partial charge is 0.256 e. The van der Waals surface area contributed by atoms with Gasteiger partial charge in [-0.3, -0.25) is 4.79 Å². The molecule has 0 radical (unpaired) electrons. The summed E-state index contributed by atoms with van der Waals surface area (Å²) in [5.41, 5.74) is 1.21. The van der Waals surface area contributed by atoms with Crippen molar-refractivity contribution in [3.63, 3.8) is 0 Å². The number of amides is 1. The highest BCUT2D eigenvalue weighted by Gasteiger charge is 2.20. The molecule has 0 atom stereocenters. The highest BCUT2D eigenvalue weighted by molar-refractivity contribution is 5.99. The summed E-state index contributed by atoms with van der Waals surface area (Å²) in [5.74, 6) is 0.0500. The molecule has 1 amide bonds. The quantitative estimate of drug-likeness (QED) is 0.559. The SMILES string of the molecule is CCCC(CCC)NC(=O)c1cnn2ccc(N3CCCC3)nc12.Fc1ccc(F)cc1. The number of fused-ring (bicyclic) bond motifs is 1. The summed E-state index contributed by atoms with van der Waals surface area (Å²) in [5, 5.41) is 7.44. The molecule has 8 heteroatoms. The number of anilines is 1. The van der Waals surface area contributed by atoms with Gasteiger partial charge in [-0.2, -0.15) is 5.10 Å². The Hall–Kier alpha value is -3.03. The third-order valence-corrected chi connectivity index (χ3v) is 5.44. The number of nitrogens with one attached hydrogen (secondary N) is 1. The summed E-state index contributed by atoms with van der Waals surface area (Å²) in [7, 11) is 0. The Morgan fingerprint density at radius 3 is 2.19 bits per heavy atom. The van der Waals surface area contributed by atoms with E-state index in [0.717, 1.165) is 68.9 Å². The lowest BCUT2D eigenvalue weighted by Crippen LogP contribution is -2.34. The Kier molecular flexibility index (Phi) is 8.53. The van der Waals surface area contributed by atoms with Crippen molar-refractivity contribution in [2.45, 2.75) is 58.4 Å². The predicted molar refractivity (Wildman–Crippen MR) is 122 cm³/mol. The molecule has 0 saturated carbocycles. The van der Waals surface area contributed by atoms with Gasteiger partial charge >= 0.3 is 0 Å². The maximum atomic E-state index is 12.7. The van der Waals surface area contributed by atoms with Gasteiger partial charge in [-0.1, -0.05) is 26.7 Å². The molecule has 1 fully saturated rings. The minimum Gasteiger partial charge on any atom is -0.357 e. The van der Waals surface area contributed by atoms with E-state index < -0.39 is 11.6 Å². The topological polar surface area (TPSA) is 62.5 Å². The number of hydrogen-bond donors (Lipinski definition) is 1. The Morgan fingerprint density at radius 2 is 1.62 bits per heavy atom. The van der Waals surface area contributed by atoms with Crippen molar-refractivity contribution in [3.05, 3.63) is 59.9 Å². The summed E-state index contributed by atoms with van der Waals surface area (Å²) in [6, 6.07) is 6.52. The summed E-state index contributed by atoms with van der Waals surface area (Å²) in [6.07, 6.45) is 10.1. The maximum Gasteiger partial charge on any atom is 0.256 e. The van der Waals surface area contributed by atoms with Crippen molar-refractivity contribution in [2.24, 2.45) is 0 Å². The Bertz CT molecular complexity index is 972. The number of carbonyl (C=O) groups is 1. The molecular formula is C24H31F2N5O. The molecule has 1 aromatic carbocycles. The van der Waals surface area contributed by atoms with Crippen molar-refractivity contribution in [1.29, 1.82) is 0 Å². The van der Waals surface area contributed by atoms with Crippen molar-refractivity contribution < 1.29 is 13.6 Å². The fourth-order valence-corrected chi connectivity index (χ4v) is 3.82. The third kappa shape index (κ3) is 6.24. The first-order valence-corrected chi connectivity index (χ1v) is 11.3. The molecule has 3 aromatic rings. The van der Waals surface area contributed by atoms with Gasteiger partial charge < -0.3 is 10.2 Å². The fraction of sp³-hybridized carbons (Fsp3) is 0.458. The zero-order chi connectivity index (χ0) is 22.9. The van der Waals surface area contributed by atoms with Crippen LogP contribution in [-0.2, 0) is 0 Å². The highest BCUT2D eigenvalue weighted by atomic mass is 19.1. The molecule has 0 aliphatic carbocycles. The second-order valence-electron chi connectivity index (χ2n) is 7.99. The lowest BCUT2D eigenvalue weighted by atomic mass is 10.1. The first-order chi connectivity index (χ1) is 15.5. The fourth-order valence-electron chi connectivity index (χ4n) is 3.82. The van der Waals surface area contributed by atoms with Crippen molar-refractivity contribution >= 4 is 17.4 Å². The Balaban J connectivity index is 0.000000305. The Labute approximate surface area is 187 Å². The number of benzene rings is 1. The molecule has 2 aromatic heterocycles. The second-order valence-corrected chi connectivity index (χ2v) is 7.99. The maximum absolute atomic E-state index is 12.7. The Morgan fingerprint density at radius 1 is 1.03 bits per heavy atom. The number of hydrogen-bond acceptors (Lipinski definition) is 4. The van der Waals surface area contributed by atoms with Gasteiger partial charge in [-0.05, 0) is 56.0 Å². The van der Waals surface area contributed by atoms with E-state index in [9.17, 15) is 13.6 Å². The van der Waals surface area contributed by atoms with Crippen molar-refractivity contribution in [1.82, 2.24) is 19.9 Å². The van der Waals surface area contributed by atoms with Crippen LogP contribution in [0.1, 0.15) is 62.7 Å². The lowest BCUT2D eigenvalue weighted by molar-refractivity contribution is 0.0934. The van der Waals surface area contributed by atoms with Gasteiger partial charge in [0.1, 0.15) is 23.0 Å². The first kappa shape index (κ1) is 23.6. The second kappa shape index (κ2) is 11.5. The van der Waals surface area contributed by atoms with E-state index in [1.54, 1.807) is 10.7 Å². The third-order valence-electron chi connectivity index (χ3n) is 5.44.